The fourth-order valence-corrected chi connectivity index (χ4v) is 3.12. The summed E-state index contributed by atoms with van der Waals surface area (Å²) in [6, 6.07) is 10.4. The zero-order valence-electron chi connectivity index (χ0n) is 11.2. The predicted octanol–water partition coefficient (Wildman–Crippen LogP) is 5.08. The Morgan fingerprint density at radius 1 is 1.21 bits per heavy atom. The molecule has 0 atom stereocenters. The van der Waals surface area contributed by atoms with Gasteiger partial charge in [0.25, 0.3) is 0 Å². The monoisotopic (exact) mass is 321 g/mol. The van der Waals surface area contributed by atoms with Gasteiger partial charge in [0, 0.05) is 10.9 Å². The quantitative estimate of drug-likeness (QED) is 0.724. The molecule has 1 saturated carbocycles. The molecule has 1 fully saturated rings. The Bertz CT molecular complexity index is 444. The summed E-state index contributed by atoms with van der Waals surface area (Å²) >= 11 is 3.43. The van der Waals surface area contributed by atoms with Gasteiger partial charge < -0.3 is 4.74 Å². The molecule has 102 valence electrons. The number of nitrogens with zero attached hydrogens (tertiary/aromatic N) is 1. The highest BCUT2D eigenvalue weighted by Gasteiger charge is 2.30. The van der Waals surface area contributed by atoms with Crippen LogP contribution in [0.4, 0.5) is 0 Å². The second-order valence-electron chi connectivity index (χ2n) is 5.36. The zero-order chi connectivity index (χ0) is 13.6. The van der Waals surface area contributed by atoms with Gasteiger partial charge in [-0.2, -0.15) is 5.26 Å². The minimum Gasteiger partial charge on any atom is -0.493 e. The molecule has 0 heterocycles. The second-order valence-corrected chi connectivity index (χ2v) is 6.28. The maximum atomic E-state index is 9.49. The number of rotatable bonds is 4. The van der Waals surface area contributed by atoms with Crippen LogP contribution in [0.3, 0.4) is 0 Å². The molecule has 0 bridgehead atoms. The molecule has 2 rings (SSSR count). The number of hydrogen-bond acceptors (Lipinski definition) is 2. The Balaban J connectivity index is 1.88. The predicted molar refractivity (Wildman–Crippen MR) is 80.0 cm³/mol. The van der Waals surface area contributed by atoms with Gasteiger partial charge in [-0.25, -0.2) is 0 Å². The van der Waals surface area contributed by atoms with Gasteiger partial charge in [0.2, 0.25) is 0 Å². The smallest absolute Gasteiger partial charge is 0.120 e. The van der Waals surface area contributed by atoms with E-state index in [-0.39, 0.29) is 5.41 Å². The van der Waals surface area contributed by atoms with Gasteiger partial charge in [-0.15, -0.1) is 0 Å². The van der Waals surface area contributed by atoms with Crippen molar-refractivity contribution in [3.05, 3.63) is 28.7 Å². The van der Waals surface area contributed by atoms with Crippen LogP contribution in [0.25, 0.3) is 0 Å². The fourth-order valence-electron chi connectivity index (χ4n) is 2.74. The van der Waals surface area contributed by atoms with Crippen molar-refractivity contribution in [3.63, 3.8) is 0 Å². The topological polar surface area (TPSA) is 33.0 Å². The maximum absolute atomic E-state index is 9.49. The van der Waals surface area contributed by atoms with Crippen LogP contribution in [-0.2, 0) is 0 Å². The molecule has 1 aliphatic carbocycles. The molecule has 0 amide bonds. The average Bonchev–Trinajstić information content (AvgIpc) is 2.65. The number of halogens is 1. The van der Waals surface area contributed by atoms with Crippen molar-refractivity contribution in [2.24, 2.45) is 5.41 Å². The third kappa shape index (κ3) is 4.24. The summed E-state index contributed by atoms with van der Waals surface area (Å²) in [4.78, 5) is 0. The standard InChI is InChI=1S/C16H20BrNO/c17-14-6-5-7-15(12-14)19-11-10-16(13-18)8-3-1-2-4-9-16/h5-7,12H,1-4,8-11H2. The molecule has 3 heteroatoms. The van der Waals surface area contributed by atoms with Crippen molar-refractivity contribution < 1.29 is 4.74 Å². The highest BCUT2D eigenvalue weighted by atomic mass is 79.9. The van der Waals surface area contributed by atoms with E-state index in [0.29, 0.717) is 6.61 Å². The van der Waals surface area contributed by atoms with Gasteiger partial charge in [-0.1, -0.05) is 47.7 Å². The summed E-state index contributed by atoms with van der Waals surface area (Å²) in [5.74, 6) is 0.871. The van der Waals surface area contributed by atoms with Crippen LogP contribution in [0.2, 0.25) is 0 Å². The molecule has 0 unspecified atom stereocenters. The second kappa shape index (κ2) is 6.96. The SMILES string of the molecule is N#CC1(CCOc2cccc(Br)c2)CCCCCC1. The maximum Gasteiger partial charge on any atom is 0.120 e. The number of nitriles is 1. The van der Waals surface area contributed by atoms with E-state index in [1.54, 1.807) is 0 Å². The number of benzene rings is 1. The third-order valence-corrected chi connectivity index (χ3v) is 4.44. The minimum absolute atomic E-state index is 0.150. The van der Waals surface area contributed by atoms with Gasteiger partial charge >= 0.3 is 0 Å². The van der Waals surface area contributed by atoms with Gasteiger partial charge in [0.15, 0.2) is 0 Å². The molecule has 1 aromatic rings. The van der Waals surface area contributed by atoms with Crippen molar-refractivity contribution in [3.8, 4) is 11.8 Å². The summed E-state index contributed by atoms with van der Waals surface area (Å²) in [6.45, 7) is 0.629. The third-order valence-electron chi connectivity index (χ3n) is 3.94. The lowest BCUT2D eigenvalue weighted by atomic mass is 9.79. The van der Waals surface area contributed by atoms with Crippen molar-refractivity contribution in [1.29, 1.82) is 5.26 Å². The average molecular weight is 322 g/mol. The summed E-state index contributed by atoms with van der Waals surface area (Å²) in [5, 5.41) is 9.49. The van der Waals surface area contributed by atoms with Crippen LogP contribution in [0.15, 0.2) is 28.7 Å². The Labute approximate surface area is 123 Å². The van der Waals surface area contributed by atoms with Crippen LogP contribution >= 0.6 is 15.9 Å². The van der Waals surface area contributed by atoms with Crippen LogP contribution in [0.5, 0.6) is 5.75 Å². The summed E-state index contributed by atoms with van der Waals surface area (Å²) in [6.07, 6.45) is 7.83. The van der Waals surface area contributed by atoms with Gasteiger partial charge in [-0.05, 0) is 31.0 Å². The molecule has 0 saturated heterocycles. The Hall–Kier alpha value is -1.01. The molecule has 0 spiro atoms. The molecule has 0 radical (unpaired) electrons. The first kappa shape index (κ1) is 14.4. The fraction of sp³-hybridized carbons (Fsp3) is 0.562. The first-order chi connectivity index (χ1) is 9.24. The van der Waals surface area contributed by atoms with Crippen molar-refractivity contribution in [2.45, 2.75) is 44.9 Å². The summed E-state index contributed by atoms with van der Waals surface area (Å²) in [7, 11) is 0. The molecule has 0 aromatic heterocycles. The van der Waals surface area contributed by atoms with Gasteiger partial charge in [0.05, 0.1) is 18.1 Å². The van der Waals surface area contributed by atoms with Crippen LogP contribution in [-0.4, -0.2) is 6.61 Å². The number of hydrogen-bond donors (Lipinski definition) is 0. The van der Waals surface area contributed by atoms with Gasteiger partial charge in [0.1, 0.15) is 5.75 Å². The normalized spacial score (nSPS) is 18.3. The minimum atomic E-state index is -0.150. The van der Waals surface area contributed by atoms with E-state index in [2.05, 4.69) is 22.0 Å². The Morgan fingerprint density at radius 3 is 2.58 bits per heavy atom. The van der Waals surface area contributed by atoms with E-state index in [1.807, 2.05) is 24.3 Å². The number of ether oxygens (including phenoxy) is 1. The first-order valence-electron chi connectivity index (χ1n) is 7.04. The van der Waals surface area contributed by atoms with E-state index in [9.17, 15) is 5.26 Å². The lowest BCUT2D eigenvalue weighted by Crippen LogP contribution is -2.21. The lowest BCUT2D eigenvalue weighted by Gasteiger charge is -2.24. The van der Waals surface area contributed by atoms with Crippen molar-refractivity contribution in [1.82, 2.24) is 0 Å². The van der Waals surface area contributed by atoms with Crippen LogP contribution < -0.4 is 4.74 Å². The van der Waals surface area contributed by atoms with E-state index >= 15 is 0 Å². The molecular formula is C16H20BrNO. The van der Waals surface area contributed by atoms with Crippen LogP contribution in [0.1, 0.15) is 44.9 Å². The van der Waals surface area contributed by atoms with E-state index in [0.717, 1.165) is 29.5 Å². The molecule has 1 aromatic carbocycles. The molecule has 2 nitrogen and oxygen atoms in total. The van der Waals surface area contributed by atoms with E-state index < -0.39 is 0 Å². The summed E-state index contributed by atoms with van der Waals surface area (Å²) in [5.41, 5.74) is -0.150. The van der Waals surface area contributed by atoms with Crippen molar-refractivity contribution >= 4 is 15.9 Å². The highest BCUT2D eigenvalue weighted by molar-refractivity contribution is 9.10. The molecule has 0 N–H and O–H groups in total. The molecule has 19 heavy (non-hydrogen) atoms. The first-order valence-corrected chi connectivity index (χ1v) is 7.83. The van der Waals surface area contributed by atoms with Crippen molar-refractivity contribution in [2.75, 3.05) is 6.61 Å². The summed E-state index contributed by atoms with van der Waals surface area (Å²) < 4.78 is 6.80. The Kier molecular flexibility index (Phi) is 5.27. The molecule has 0 aliphatic heterocycles. The highest BCUT2D eigenvalue weighted by Crippen LogP contribution is 2.37. The zero-order valence-corrected chi connectivity index (χ0v) is 12.8. The van der Waals surface area contributed by atoms with Gasteiger partial charge in [-0.3, -0.25) is 0 Å². The van der Waals surface area contributed by atoms with E-state index in [1.165, 1.54) is 25.7 Å². The molecule has 1 aliphatic rings. The molecular weight excluding hydrogens is 302 g/mol. The van der Waals surface area contributed by atoms with Crippen LogP contribution in [0, 0.1) is 16.7 Å². The van der Waals surface area contributed by atoms with E-state index in [4.69, 9.17) is 4.74 Å². The largest absolute Gasteiger partial charge is 0.493 e. The lowest BCUT2D eigenvalue weighted by molar-refractivity contribution is 0.223. The Morgan fingerprint density at radius 2 is 1.95 bits per heavy atom.